The van der Waals surface area contributed by atoms with Crippen LogP contribution in [0.25, 0.3) is 0 Å². The van der Waals surface area contributed by atoms with Crippen LogP contribution >= 0.6 is 0 Å². The topological polar surface area (TPSA) is 0 Å². The van der Waals surface area contributed by atoms with Gasteiger partial charge in [-0.15, -0.1) is 0 Å². The molecule has 0 saturated heterocycles. The molecule has 2 aromatic rings. The summed E-state index contributed by atoms with van der Waals surface area (Å²) in [7, 11) is 0. The Morgan fingerprint density at radius 3 is 1.35 bits per heavy atom. The van der Waals surface area contributed by atoms with Gasteiger partial charge in [0.25, 0.3) is 0 Å². The first-order chi connectivity index (χ1) is 9.90. The van der Waals surface area contributed by atoms with E-state index in [2.05, 4.69) is 36.4 Å². The van der Waals surface area contributed by atoms with Crippen LogP contribution in [0.5, 0.6) is 0 Å². The summed E-state index contributed by atoms with van der Waals surface area (Å²) >= 11 is 0. The first-order valence-electron chi connectivity index (χ1n) is 8.10. The van der Waals surface area contributed by atoms with Crippen molar-refractivity contribution in [3.63, 3.8) is 0 Å². The van der Waals surface area contributed by atoms with E-state index in [1.165, 1.54) is 62.5 Å². The SMILES string of the molecule is c1cc2ccc1CCc1ccc(c3c1CCCC3)CC2. The third kappa shape index (κ3) is 2.18. The number of hydrogen-bond acceptors (Lipinski definition) is 0. The summed E-state index contributed by atoms with van der Waals surface area (Å²) in [6.07, 6.45) is 10.2. The molecule has 0 nitrogen and oxygen atoms in total. The van der Waals surface area contributed by atoms with Crippen molar-refractivity contribution < 1.29 is 0 Å². The van der Waals surface area contributed by atoms with Gasteiger partial charge < -0.3 is 0 Å². The van der Waals surface area contributed by atoms with Crippen LogP contribution < -0.4 is 0 Å². The molecule has 7 rings (SSSR count). The lowest BCUT2D eigenvalue weighted by Gasteiger charge is -2.23. The smallest absolute Gasteiger partial charge is 0.0235 e. The third-order valence-corrected chi connectivity index (χ3v) is 5.12. The zero-order valence-corrected chi connectivity index (χ0v) is 12.1. The van der Waals surface area contributed by atoms with E-state index in [9.17, 15) is 0 Å². The minimum absolute atomic E-state index is 1.19. The van der Waals surface area contributed by atoms with Gasteiger partial charge in [0.1, 0.15) is 0 Å². The van der Waals surface area contributed by atoms with Crippen molar-refractivity contribution in [3.8, 4) is 0 Å². The Morgan fingerprint density at radius 2 is 0.900 bits per heavy atom. The maximum Gasteiger partial charge on any atom is -0.0235 e. The van der Waals surface area contributed by atoms with Gasteiger partial charge in [-0.25, -0.2) is 0 Å². The van der Waals surface area contributed by atoms with E-state index < -0.39 is 0 Å². The molecule has 102 valence electrons. The van der Waals surface area contributed by atoms with Crippen LogP contribution in [0.4, 0.5) is 0 Å². The molecule has 0 N–H and O–H groups in total. The monoisotopic (exact) mass is 262 g/mol. The molecule has 0 radical (unpaired) electrons. The minimum atomic E-state index is 1.19. The normalized spacial score (nSPS) is 17.4. The van der Waals surface area contributed by atoms with E-state index >= 15 is 0 Å². The molecule has 0 unspecified atom stereocenters. The molecule has 0 heterocycles. The summed E-state index contributed by atoms with van der Waals surface area (Å²) in [5.41, 5.74) is 9.64. The van der Waals surface area contributed by atoms with Crippen LogP contribution in [-0.4, -0.2) is 0 Å². The van der Waals surface area contributed by atoms with Crippen molar-refractivity contribution in [2.75, 3.05) is 0 Å². The standard InChI is InChI=1S/C20H22/c1-2-4-20-18-12-10-16-7-5-15(6-8-16)9-11-17(13-14-18)19(20)3-1/h5-8,13-14H,1-4,9-12H2. The third-order valence-electron chi connectivity index (χ3n) is 5.12. The van der Waals surface area contributed by atoms with Crippen molar-refractivity contribution in [1.29, 1.82) is 0 Å². The average Bonchev–Trinajstić information content (AvgIpc) is 2.50. The number of rotatable bonds is 0. The van der Waals surface area contributed by atoms with Gasteiger partial charge in [-0.05, 0) is 84.7 Å². The van der Waals surface area contributed by atoms with E-state index in [1.807, 2.05) is 0 Å². The molecule has 0 saturated carbocycles. The average molecular weight is 262 g/mol. The molecule has 20 heavy (non-hydrogen) atoms. The Morgan fingerprint density at radius 1 is 0.450 bits per heavy atom. The van der Waals surface area contributed by atoms with E-state index in [4.69, 9.17) is 0 Å². The van der Waals surface area contributed by atoms with Gasteiger partial charge in [0.05, 0.1) is 0 Å². The molecule has 0 heteroatoms. The van der Waals surface area contributed by atoms with Crippen LogP contribution in [0.2, 0.25) is 0 Å². The maximum absolute atomic E-state index is 2.42. The largest absolute Gasteiger partial charge is 0.0588 e. The Kier molecular flexibility index (Phi) is 3.10. The fraction of sp³-hybridized carbons (Fsp3) is 0.400. The summed E-state index contributed by atoms with van der Waals surface area (Å²) in [5, 5.41) is 0. The summed E-state index contributed by atoms with van der Waals surface area (Å²) in [6.45, 7) is 0. The maximum atomic E-state index is 2.42. The van der Waals surface area contributed by atoms with Crippen LogP contribution in [0.3, 0.4) is 0 Å². The molecule has 5 aliphatic carbocycles. The van der Waals surface area contributed by atoms with E-state index in [0.717, 1.165) is 0 Å². The second-order valence-corrected chi connectivity index (χ2v) is 6.36. The molecular formula is C20H22. The highest BCUT2D eigenvalue weighted by Gasteiger charge is 2.17. The number of aryl methyl sites for hydroxylation is 4. The van der Waals surface area contributed by atoms with Gasteiger partial charge in [0.15, 0.2) is 0 Å². The highest BCUT2D eigenvalue weighted by atomic mass is 14.2. The van der Waals surface area contributed by atoms with Crippen molar-refractivity contribution >= 4 is 0 Å². The predicted octanol–water partition coefficient (Wildman–Crippen LogP) is 4.45. The Labute approximate surface area is 121 Å². The van der Waals surface area contributed by atoms with Gasteiger partial charge >= 0.3 is 0 Å². The molecule has 0 atom stereocenters. The summed E-state index contributed by atoms with van der Waals surface area (Å²) < 4.78 is 0. The molecule has 4 bridgehead atoms. The first kappa shape index (κ1) is 12.2. The molecular weight excluding hydrogens is 240 g/mol. The molecule has 0 amide bonds. The Hall–Kier alpha value is -1.56. The lowest BCUT2D eigenvalue weighted by atomic mass is 9.82. The Bertz CT molecular complexity index is 563. The van der Waals surface area contributed by atoms with Crippen molar-refractivity contribution in [2.45, 2.75) is 51.4 Å². The van der Waals surface area contributed by atoms with E-state index in [-0.39, 0.29) is 0 Å². The predicted molar refractivity (Wildman–Crippen MR) is 84.3 cm³/mol. The van der Waals surface area contributed by atoms with E-state index in [0.29, 0.717) is 0 Å². The molecule has 0 spiro atoms. The summed E-state index contributed by atoms with van der Waals surface area (Å²) in [5.74, 6) is 0. The van der Waals surface area contributed by atoms with Gasteiger partial charge in [0, 0.05) is 0 Å². The van der Waals surface area contributed by atoms with Gasteiger partial charge in [0.2, 0.25) is 0 Å². The zero-order chi connectivity index (χ0) is 13.4. The van der Waals surface area contributed by atoms with Crippen molar-refractivity contribution in [3.05, 3.63) is 69.8 Å². The second kappa shape index (κ2) is 5.09. The molecule has 5 aliphatic rings. The zero-order valence-electron chi connectivity index (χ0n) is 12.1. The van der Waals surface area contributed by atoms with E-state index in [1.54, 1.807) is 22.3 Å². The van der Waals surface area contributed by atoms with Gasteiger partial charge in [-0.3, -0.25) is 0 Å². The fourth-order valence-electron chi connectivity index (χ4n) is 3.92. The lowest BCUT2D eigenvalue weighted by molar-refractivity contribution is 0.668. The Balaban J connectivity index is 1.80. The second-order valence-electron chi connectivity index (χ2n) is 6.36. The molecule has 0 fully saturated rings. The van der Waals surface area contributed by atoms with Crippen LogP contribution in [0, 0.1) is 0 Å². The first-order valence-corrected chi connectivity index (χ1v) is 8.10. The van der Waals surface area contributed by atoms with Crippen LogP contribution in [0.15, 0.2) is 36.4 Å². The van der Waals surface area contributed by atoms with Gasteiger partial charge in [-0.1, -0.05) is 36.4 Å². The molecule has 0 aliphatic heterocycles. The number of benzene rings is 2. The highest BCUT2D eigenvalue weighted by molar-refractivity contribution is 5.44. The molecule has 2 aromatic carbocycles. The minimum Gasteiger partial charge on any atom is -0.0588 e. The summed E-state index contributed by atoms with van der Waals surface area (Å²) in [6, 6.07) is 14.2. The van der Waals surface area contributed by atoms with Gasteiger partial charge in [-0.2, -0.15) is 0 Å². The molecule has 0 aromatic heterocycles. The quantitative estimate of drug-likeness (QED) is 0.658. The van der Waals surface area contributed by atoms with Crippen LogP contribution in [-0.2, 0) is 38.5 Å². The van der Waals surface area contributed by atoms with Crippen LogP contribution in [0.1, 0.15) is 46.2 Å². The summed E-state index contributed by atoms with van der Waals surface area (Å²) in [4.78, 5) is 0. The fourth-order valence-corrected chi connectivity index (χ4v) is 3.92. The number of hydrogen-bond donors (Lipinski definition) is 0. The van der Waals surface area contributed by atoms with Crippen molar-refractivity contribution in [2.24, 2.45) is 0 Å². The van der Waals surface area contributed by atoms with Crippen molar-refractivity contribution in [1.82, 2.24) is 0 Å². The lowest BCUT2D eigenvalue weighted by Crippen LogP contribution is -2.11. The highest BCUT2D eigenvalue weighted by Crippen LogP contribution is 2.30.